The van der Waals surface area contributed by atoms with Gasteiger partial charge in [-0.15, -0.1) is 0 Å². The second-order valence-electron chi connectivity index (χ2n) is 3.69. The summed E-state index contributed by atoms with van der Waals surface area (Å²) in [5, 5.41) is 4.18. The Morgan fingerprint density at radius 2 is 2.26 bits per heavy atom. The van der Waals surface area contributed by atoms with Gasteiger partial charge in [0, 0.05) is 0 Å². The van der Waals surface area contributed by atoms with E-state index in [-0.39, 0.29) is 0 Å². The normalized spacial score (nSPS) is 10.3. The number of nitrogen functional groups attached to an aromatic ring is 1. The zero-order chi connectivity index (χ0) is 13.7. The van der Waals surface area contributed by atoms with E-state index in [4.69, 9.17) is 15.3 Å². The Labute approximate surface area is 110 Å². The monoisotopic (exact) mass is 264 g/mol. The Morgan fingerprint density at radius 3 is 2.95 bits per heavy atom. The molecule has 2 heterocycles. The van der Waals surface area contributed by atoms with Crippen LogP contribution in [-0.2, 0) is 0 Å². The Hall–Kier alpha value is -2.35. The summed E-state index contributed by atoms with van der Waals surface area (Å²) in [7, 11) is 1.51. The van der Waals surface area contributed by atoms with Gasteiger partial charge in [0.15, 0.2) is 11.6 Å². The average Bonchev–Trinajstić information content (AvgIpc) is 2.92. The largest absolute Gasteiger partial charge is 0.490 e. The number of aromatic nitrogens is 4. The van der Waals surface area contributed by atoms with Crippen molar-refractivity contribution in [1.29, 1.82) is 0 Å². The number of nitrogens with one attached hydrogen (secondary N) is 1. The fraction of sp³-hybridized carbons (Fsp3) is 0.364. The molecule has 2 aromatic rings. The van der Waals surface area contributed by atoms with Crippen molar-refractivity contribution < 1.29 is 9.47 Å². The molecular formula is C11H16N6O2. The van der Waals surface area contributed by atoms with E-state index in [9.17, 15) is 0 Å². The molecule has 0 atom stereocenters. The zero-order valence-corrected chi connectivity index (χ0v) is 10.8. The lowest BCUT2D eigenvalue weighted by molar-refractivity contribution is 0.317. The highest BCUT2D eigenvalue weighted by atomic mass is 16.5. The van der Waals surface area contributed by atoms with E-state index in [1.165, 1.54) is 13.4 Å². The molecule has 8 nitrogen and oxygen atoms in total. The molecule has 0 fully saturated rings. The third kappa shape index (κ3) is 2.74. The molecule has 0 saturated carbocycles. The number of ether oxygens (including phenoxy) is 2. The second-order valence-corrected chi connectivity index (χ2v) is 3.69. The summed E-state index contributed by atoms with van der Waals surface area (Å²) < 4.78 is 12.3. The maximum absolute atomic E-state index is 5.48. The Bertz CT molecular complexity index is 542. The van der Waals surface area contributed by atoms with Gasteiger partial charge in [-0.25, -0.2) is 20.5 Å². The van der Waals surface area contributed by atoms with Crippen LogP contribution in [0, 0.1) is 0 Å². The predicted molar refractivity (Wildman–Crippen MR) is 69.3 cm³/mol. The number of rotatable bonds is 6. The van der Waals surface area contributed by atoms with Crippen molar-refractivity contribution in [1.82, 2.24) is 19.7 Å². The minimum Gasteiger partial charge on any atom is -0.490 e. The lowest BCUT2D eigenvalue weighted by Gasteiger charge is -2.10. The molecule has 0 aromatic carbocycles. The fourth-order valence-electron chi connectivity index (χ4n) is 1.53. The van der Waals surface area contributed by atoms with E-state index in [0.29, 0.717) is 29.7 Å². The van der Waals surface area contributed by atoms with Crippen molar-refractivity contribution in [3.05, 3.63) is 18.7 Å². The van der Waals surface area contributed by atoms with Crippen molar-refractivity contribution in [2.24, 2.45) is 5.84 Å². The summed E-state index contributed by atoms with van der Waals surface area (Å²) in [6.07, 6.45) is 5.65. The first-order valence-corrected chi connectivity index (χ1v) is 5.83. The zero-order valence-electron chi connectivity index (χ0n) is 10.8. The Morgan fingerprint density at radius 1 is 1.42 bits per heavy atom. The van der Waals surface area contributed by atoms with Gasteiger partial charge in [-0.05, 0) is 6.42 Å². The summed E-state index contributed by atoms with van der Waals surface area (Å²) in [5.74, 6) is 7.32. The van der Waals surface area contributed by atoms with Gasteiger partial charge >= 0.3 is 0 Å². The summed E-state index contributed by atoms with van der Waals surface area (Å²) in [4.78, 5) is 8.10. The van der Waals surface area contributed by atoms with E-state index < -0.39 is 0 Å². The summed E-state index contributed by atoms with van der Waals surface area (Å²) in [5.41, 5.74) is 2.45. The molecule has 102 valence electrons. The molecule has 19 heavy (non-hydrogen) atoms. The number of nitrogens with two attached hydrogens (primary N) is 1. The second kappa shape index (κ2) is 6.01. The quantitative estimate of drug-likeness (QED) is 0.586. The molecule has 8 heteroatoms. The molecule has 0 saturated heterocycles. The van der Waals surface area contributed by atoms with Crippen molar-refractivity contribution in [3.8, 4) is 17.3 Å². The highest BCUT2D eigenvalue weighted by molar-refractivity contribution is 5.57. The van der Waals surface area contributed by atoms with E-state index in [1.807, 2.05) is 6.92 Å². The third-order valence-electron chi connectivity index (χ3n) is 2.37. The van der Waals surface area contributed by atoms with Gasteiger partial charge in [0.1, 0.15) is 6.33 Å². The van der Waals surface area contributed by atoms with Gasteiger partial charge in [0.05, 0.1) is 26.1 Å². The summed E-state index contributed by atoms with van der Waals surface area (Å²) >= 11 is 0. The van der Waals surface area contributed by atoms with Gasteiger partial charge in [0.2, 0.25) is 11.6 Å². The molecule has 0 aliphatic rings. The molecule has 2 rings (SSSR count). The fourth-order valence-corrected chi connectivity index (χ4v) is 1.53. The number of nitrogens with zero attached hydrogens (tertiary/aromatic N) is 4. The maximum Gasteiger partial charge on any atom is 0.207 e. The highest BCUT2D eigenvalue weighted by Gasteiger charge is 2.14. The predicted octanol–water partition coefficient (Wildman–Crippen LogP) is 0.745. The first kappa shape index (κ1) is 13.1. The minimum absolute atomic E-state index is 0.388. The van der Waals surface area contributed by atoms with Crippen LogP contribution in [0.3, 0.4) is 0 Å². The van der Waals surface area contributed by atoms with Gasteiger partial charge in [0.25, 0.3) is 0 Å². The van der Waals surface area contributed by atoms with Crippen LogP contribution >= 0.6 is 0 Å². The number of anilines is 1. The van der Waals surface area contributed by atoms with Crippen LogP contribution in [0.2, 0.25) is 0 Å². The number of methoxy groups -OCH3 is 1. The third-order valence-corrected chi connectivity index (χ3v) is 2.37. The molecule has 0 unspecified atom stereocenters. The number of hydrogen-bond donors (Lipinski definition) is 2. The van der Waals surface area contributed by atoms with E-state index in [1.54, 1.807) is 17.1 Å². The minimum atomic E-state index is 0.388. The van der Waals surface area contributed by atoms with Crippen LogP contribution in [0.5, 0.6) is 11.5 Å². The highest BCUT2D eigenvalue weighted by Crippen LogP contribution is 2.27. The lowest BCUT2D eigenvalue weighted by Crippen LogP contribution is -2.12. The molecule has 2 aromatic heterocycles. The topological polar surface area (TPSA) is 100 Å². The van der Waals surface area contributed by atoms with Crippen molar-refractivity contribution in [2.45, 2.75) is 13.3 Å². The van der Waals surface area contributed by atoms with Crippen molar-refractivity contribution >= 4 is 5.82 Å². The Balaban J connectivity index is 2.33. The van der Waals surface area contributed by atoms with Crippen LogP contribution in [0.15, 0.2) is 18.7 Å². The van der Waals surface area contributed by atoms with Crippen molar-refractivity contribution in [2.75, 3.05) is 19.1 Å². The van der Waals surface area contributed by atoms with Crippen LogP contribution in [0.4, 0.5) is 5.82 Å². The van der Waals surface area contributed by atoms with Crippen LogP contribution < -0.4 is 20.7 Å². The lowest BCUT2D eigenvalue weighted by atomic mass is 10.4. The van der Waals surface area contributed by atoms with Crippen LogP contribution in [0.25, 0.3) is 5.82 Å². The number of hydrazine groups is 1. The van der Waals surface area contributed by atoms with E-state index in [2.05, 4.69) is 20.5 Å². The van der Waals surface area contributed by atoms with Gasteiger partial charge in [-0.2, -0.15) is 5.10 Å². The van der Waals surface area contributed by atoms with Crippen molar-refractivity contribution in [3.63, 3.8) is 0 Å². The molecule has 0 radical (unpaired) electrons. The Kier molecular flexibility index (Phi) is 4.14. The smallest absolute Gasteiger partial charge is 0.207 e. The van der Waals surface area contributed by atoms with E-state index in [0.717, 1.165) is 6.42 Å². The van der Waals surface area contributed by atoms with Crippen LogP contribution in [0.1, 0.15) is 13.3 Å². The van der Waals surface area contributed by atoms with Gasteiger partial charge in [-0.1, -0.05) is 6.92 Å². The SMILES string of the molecule is CCCOc1cnn(-c2ncnc(NN)c2OC)c1. The standard InChI is InChI=1S/C11H16N6O2/c1-3-4-19-8-5-15-17(6-8)11-9(18-2)10(16-12)13-7-14-11/h5-7H,3-4,12H2,1-2H3,(H,13,14,16). The molecule has 0 bridgehead atoms. The van der Waals surface area contributed by atoms with Crippen LogP contribution in [-0.4, -0.2) is 33.5 Å². The maximum atomic E-state index is 5.48. The first-order chi connectivity index (χ1) is 9.30. The number of hydrogen-bond acceptors (Lipinski definition) is 7. The molecule has 0 amide bonds. The summed E-state index contributed by atoms with van der Waals surface area (Å²) in [6.45, 7) is 2.68. The molecular weight excluding hydrogens is 248 g/mol. The first-order valence-electron chi connectivity index (χ1n) is 5.83. The van der Waals surface area contributed by atoms with Gasteiger partial charge in [-0.3, -0.25) is 0 Å². The molecule has 3 N–H and O–H groups in total. The molecule has 0 aliphatic carbocycles. The molecule has 0 aliphatic heterocycles. The van der Waals surface area contributed by atoms with E-state index >= 15 is 0 Å². The average molecular weight is 264 g/mol. The summed E-state index contributed by atoms with van der Waals surface area (Å²) in [6, 6.07) is 0. The van der Waals surface area contributed by atoms with Gasteiger partial charge < -0.3 is 14.9 Å². The molecule has 0 spiro atoms.